The van der Waals surface area contributed by atoms with E-state index in [1.165, 1.54) is 24.5 Å². The highest BCUT2D eigenvalue weighted by Gasteiger charge is 2.41. The van der Waals surface area contributed by atoms with Gasteiger partial charge >= 0.3 is 0 Å². The Kier molecular flexibility index (Phi) is 10.2. The molecule has 2 aromatic heterocycles. The van der Waals surface area contributed by atoms with Gasteiger partial charge in [-0.3, -0.25) is 4.79 Å². The normalized spacial score (nSPS) is 11.5. The van der Waals surface area contributed by atoms with Crippen LogP contribution in [0.5, 0.6) is 0 Å². The summed E-state index contributed by atoms with van der Waals surface area (Å²) in [5.41, 5.74) is -5.10. The number of aliphatic hydroxyl groups excluding tert-OH is 1. The molecule has 182 valence electrons. The zero-order valence-corrected chi connectivity index (χ0v) is 19.7. The molecule has 0 aliphatic rings. The molecule has 4 radical (unpaired) electrons. The Hall–Kier alpha value is -2.57. The van der Waals surface area contributed by atoms with Crippen molar-refractivity contribution in [1.82, 2.24) is 15.3 Å². The highest BCUT2D eigenvalue weighted by atomic mass is 35.5. The molecule has 14 heteroatoms. The van der Waals surface area contributed by atoms with Crippen molar-refractivity contribution in [3.63, 3.8) is 0 Å². The van der Waals surface area contributed by atoms with Crippen LogP contribution in [0.15, 0.2) is 54.9 Å². The third kappa shape index (κ3) is 8.86. The van der Waals surface area contributed by atoms with Gasteiger partial charge in [0, 0.05) is 35.1 Å². The van der Waals surface area contributed by atoms with Gasteiger partial charge in [-0.25, -0.2) is 4.98 Å². The molecule has 0 saturated heterocycles. The first-order valence-electron chi connectivity index (χ1n) is 10.0. The van der Waals surface area contributed by atoms with Crippen LogP contribution in [0.1, 0.15) is 10.5 Å². The molecule has 3 aromatic rings. The molecule has 0 saturated carbocycles. The van der Waals surface area contributed by atoms with E-state index in [2.05, 4.69) is 20.6 Å². The van der Waals surface area contributed by atoms with Crippen LogP contribution < -0.4 is 10.6 Å². The van der Waals surface area contributed by atoms with Crippen molar-refractivity contribution in [3.05, 3.63) is 70.6 Å². The Balaban J connectivity index is 0.000000527. The fraction of sp³-hybridized carbons (Fsp3) is 0.238. The first kappa shape index (κ1) is 28.7. The third-order valence-corrected chi connectivity index (χ3v) is 4.92. The topological polar surface area (TPSA) is 171 Å². The summed E-state index contributed by atoms with van der Waals surface area (Å²) < 4.78 is 0. The fourth-order valence-corrected chi connectivity index (χ4v) is 3.13. The molecule has 0 spiro atoms. The number of hydrogen-bond donors (Lipinski definition) is 8. The van der Waals surface area contributed by atoms with Crippen molar-refractivity contribution in [2.45, 2.75) is 17.4 Å². The molecule has 10 nitrogen and oxygen atoms in total. The quantitative estimate of drug-likeness (QED) is 0.154. The molecule has 1 amide bonds. The first-order chi connectivity index (χ1) is 16.3. The molecule has 0 aliphatic heterocycles. The van der Waals surface area contributed by atoms with Gasteiger partial charge in [0.25, 0.3) is 5.91 Å². The van der Waals surface area contributed by atoms with Gasteiger partial charge in [0.1, 0.15) is 28.9 Å². The van der Waals surface area contributed by atoms with Crippen molar-refractivity contribution in [1.29, 1.82) is 0 Å². The summed E-state index contributed by atoms with van der Waals surface area (Å²) in [5.74, 6) is -0.501. The van der Waals surface area contributed by atoms with E-state index in [0.29, 0.717) is 11.1 Å². The van der Waals surface area contributed by atoms with E-state index in [-0.39, 0.29) is 29.7 Å². The van der Waals surface area contributed by atoms with Gasteiger partial charge in [0.15, 0.2) is 15.7 Å². The summed E-state index contributed by atoms with van der Waals surface area (Å²) in [6.45, 7) is -0.118. The van der Waals surface area contributed by atoms with E-state index in [1.54, 1.807) is 0 Å². The number of carbonyl (C=O) groups excluding carboxylic acids is 1. The molecular formula is C21H22B2Cl2N4O6. The second kappa shape index (κ2) is 12.4. The van der Waals surface area contributed by atoms with Crippen LogP contribution in [0, 0.1) is 0 Å². The van der Waals surface area contributed by atoms with Crippen molar-refractivity contribution < 1.29 is 30.3 Å². The zero-order valence-electron chi connectivity index (χ0n) is 18.2. The number of aromatic nitrogens is 2. The molecule has 2 heterocycles. The number of benzene rings is 1. The van der Waals surface area contributed by atoms with Crippen LogP contribution in [0.25, 0.3) is 11.1 Å². The number of rotatable bonds is 8. The molecule has 1 aromatic carbocycles. The van der Waals surface area contributed by atoms with Crippen LogP contribution in [0.4, 0.5) is 5.82 Å². The SMILES string of the molecule is Clc1ccccc1.[B]C(O)(O)C(Nc1cc(-c2c[nH]c(C(=O)NCCO)c2)c(Cl)cn1)C([B])(O)O. The summed E-state index contributed by atoms with van der Waals surface area (Å²) in [6.07, 6.45) is 2.71. The van der Waals surface area contributed by atoms with E-state index >= 15 is 0 Å². The van der Waals surface area contributed by atoms with E-state index in [9.17, 15) is 25.2 Å². The highest BCUT2D eigenvalue weighted by Crippen LogP contribution is 2.31. The number of anilines is 1. The molecular weight excluding hydrogens is 497 g/mol. The van der Waals surface area contributed by atoms with Gasteiger partial charge in [0.05, 0.1) is 11.6 Å². The maximum atomic E-state index is 11.9. The first-order valence-corrected chi connectivity index (χ1v) is 10.8. The lowest BCUT2D eigenvalue weighted by Crippen LogP contribution is -2.61. The van der Waals surface area contributed by atoms with Gasteiger partial charge in [-0.1, -0.05) is 41.4 Å². The van der Waals surface area contributed by atoms with Gasteiger partial charge in [-0.15, -0.1) is 0 Å². The van der Waals surface area contributed by atoms with Crippen molar-refractivity contribution in [3.8, 4) is 11.1 Å². The number of H-pyrrole nitrogens is 1. The average molecular weight is 519 g/mol. The minimum atomic E-state index is -3.09. The molecule has 8 N–H and O–H groups in total. The Morgan fingerprint density at radius 2 is 1.71 bits per heavy atom. The van der Waals surface area contributed by atoms with Crippen LogP contribution in [0.3, 0.4) is 0 Å². The predicted octanol–water partition coefficient (Wildman–Crippen LogP) is 0.186. The van der Waals surface area contributed by atoms with E-state index < -0.39 is 23.3 Å². The monoisotopic (exact) mass is 518 g/mol. The molecule has 0 unspecified atom stereocenters. The summed E-state index contributed by atoms with van der Waals surface area (Å²) in [7, 11) is 10.2. The van der Waals surface area contributed by atoms with Crippen molar-refractivity contribution in [2.75, 3.05) is 18.5 Å². The van der Waals surface area contributed by atoms with Gasteiger partial charge in [0.2, 0.25) is 0 Å². The average Bonchev–Trinajstić information content (AvgIpc) is 3.26. The van der Waals surface area contributed by atoms with Gasteiger partial charge < -0.3 is 41.2 Å². The van der Waals surface area contributed by atoms with Crippen LogP contribution in [-0.4, -0.2) is 87.7 Å². The molecule has 0 fully saturated rings. The summed E-state index contributed by atoms with van der Waals surface area (Å²) in [6, 6.07) is 10.3. The maximum absolute atomic E-state index is 11.9. The zero-order chi connectivity index (χ0) is 26.2. The van der Waals surface area contributed by atoms with Crippen LogP contribution in [-0.2, 0) is 0 Å². The minimum Gasteiger partial charge on any atom is -0.395 e. The number of hydrogen-bond acceptors (Lipinski definition) is 8. The lowest BCUT2D eigenvalue weighted by atomic mass is 9.75. The number of nitrogens with one attached hydrogen (secondary N) is 3. The standard InChI is InChI=1S/C15H17B2ClN4O6.C6H5Cl/c16-14(25,26)13(15(17,27)28)22-11-4-8(9(18)6-21-11)7-3-10(20-5-7)12(24)19-1-2-23;7-6-4-2-1-3-5-6/h3-6,13,20,23,25-28H,1-2H2,(H,19,24)(H,21,22);1-5H. The fourth-order valence-electron chi connectivity index (χ4n) is 2.77. The highest BCUT2D eigenvalue weighted by molar-refractivity contribution is 6.33. The number of nitrogens with zero attached hydrogens (tertiary/aromatic N) is 1. The van der Waals surface area contributed by atoms with Gasteiger partial charge in [-0.2, -0.15) is 0 Å². The van der Waals surface area contributed by atoms with Gasteiger partial charge in [-0.05, 0) is 24.3 Å². The number of aliphatic hydroxyl groups is 5. The minimum absolute atomic E-state index is 0.0623. The molecule has 0 aliphatic carbocycles. The number of aromatic amines is 1. The Morgan fingerprint density at radius 1 is 1.09 bits per heavy atom. The lowest BCUT2D eigenvalue weighted by Gasteiger charge is -2.37. The third-order valence-electron chi connectivity index (χ3n) is 4.37. The van der Waals surface area contributed by atoms with Crippen molar-refractivity contribution in [2.24, 2.45) is 0 Å². The number of amides is 1. The van der Waals surface area contributed by atoms with E-state index in [4.69, 9.17) is 44.0 Å². The van der Waals surface area contributed by atoms with Crippen molar-refractivity contribution >= 4 is 50.6 Å². The Labute approximate surface area is 213 Å². The molecule has 0 atom stereocenters. The number of carbonyl (C=O) groups is 1. The summed E-state index contributed by atoms with van der Waals surface area (Å²) in [5, 5.41) is 52.5. The van der Waals surface area contributed by atoms with E-state index in [0.717, 1.165) is 5.02 Å². The smallest absolute Gasteiger partial charge is 0.267 e. The molecule has 0 bridgehead atoms. The largest absolute Gasteiger partial charge is 0.395 e. The second-order valence-electron chi connectivity index (χ2n) is 7.27. The summed E-state index contributed by atoms with van der Waals surface area (Å²) >= 11 is 11.7. The Morgan fingerprint density at radius 3 is 2.23 bits per heavy atom. The number of halogens is 2. The predicted molar refractivity (Wildman–Crippen MR) is 133 cm³/mol. The lowest BCUT2D eigenvalue weighted by molar-refractivity contribution is -0.187. The van der Waals surface area contributed by atoms with Crippen LogP contribution >= 0.6 is 23.2 Å². The molecule has 3 rings (SSSR count). The number of pyridine rings is 1. The Bertz CT molecular complexity index is 1090. The molecule has 35 heavy (non-hydrogen) atoms. The second-order valence-corrected chi connectivity index (χ2v) is 8.11. The van der Waals surface area contributed by atoms with E-state index in [1.807, 2.05) is 30.3 Å². The maximum Gasteiger partial charge on any atom is 0.267 e. The summed E-state index contributed by atoms with van der Waals surface area (Å²) in [4.78, 5) is 18.6. The van der Waals surface area contributed by atoms with Crippen LogP contribution in [0.2, 0.25) is 10.0 Å².